The molecular formula is C9H10BrNO3. The first-order chi connectivity index (χ1) is 6.72. The first kappa shape index (κ1) is 11.0. The minimum atomic E-state index is 0.0413. The Hall–Kier alpha value is -1.10. The van der Waals surface area contributed by atoms with Gasteiger partial charge in [0, 0.05) is 4.47 Å². The average molecular weight is 260 g/mol. The van der Waals surface area contributed by atoms with E-state index in [1.807, 2.05) is 0 Å². The normalized spacial score (nSPS) is 9.64. The van der Waals surface area contributed by atoms with Crippen LogP contribution in [0.2, 0.25) is 0 Å². The predicted molar refractivity (Wildman–Crippen MR) is 56.7 cm³/mol. The molecule has 0 aliphatic heterocycles. The van der Waals surface area contributed by atoms with E-state index in [0.717, 1.165) is 4.47 Å². The minimum absolute atomic E-state index is 0.0413. The van der Waals surface area contributed by atoms with Crippen molar-refractivity contribution in [2.75, 3.05) is 14.2 Å². The lowest BCUT2D eigenvalue weighted by Crippen LogP contribution is -1.95. The van der Waals surface area contributed by atoms with Crippen molar-refractivity contribution in [3.05, 3.63) is 27.1 Å². The summed E-state index contributed by atoms with van der Waals surface area (Å²) in [5.74, 6) is 1.19. The van der Waals surface area contributed by atoms with Crippen molar-refractivity contribution < 1.29 is 9.47 Å². The lowest BCUT2D eigenvalue weighted by Gasteiger charge is -2.11. The fourth-order valence-corrected chi connectivity index (χ4v) is 1.59. The first-order valence-corrected chi connectivity index (χ1v) is 4.71. The van der Waals surface area contributed by atoms with Gasteiger partial charge < -0.3 is 9.47 Å². The van der Waals surface area contributed by atoms with Gasteiger partial charge in [0.1, 0.15) is 18.0 Å². The Morgan fingerprint density at radius 1 is 1.29 bits per heavy atom. The van der Waals surface area contributed by atoms with E-state index < -0.39 is 0 Å². The number of hydrogen-bond donors (Lipinski definition) is 0. The summed E-state index contributed by atoms with van der Waals surface area (Å²) in [5, 5.41) is 2.83. The Morgan fingerprint density at radius 3 is 2.14 bits per heavy atom. The van der Waals surface area contributed by atoms with Crippen molar-refractivity contribution in [3.63, 3.8) is 0 Å². The van der Waals surface area contributed by atoms with Crippen LogP contribution in [0, 0.1) is 4.91 Å². The van der Waals surface area contributed by atoms with Crippen molar-refractivity contribution in [1.29, 1.82) is 0 Å². The van der Waals surface area contributed by atoms with Gasteiger partial charge in [-0.1, -0.05) is 21.1 Å². The molecule has 0 spiro atoms. The summed E-state index contributed by atoms with van der Waals surface area (Å²) >= 11 is 3.31. The van der Waals surface area contributed by atoms with Gasteiger partial charge in [-0.05, 0) is 12.1 Å². The summed E-state index contributed by atoms with van der Waals surface area (Å²) in [7, 11) is 3.07. The summed E-state index contributed by atoms with van der Waals surface area (Å²) in [6, 6.07) is 3.53. The highest BCUT2D eigenvalue weighted by Gasteiger charge is 2.11. The van der Waals surface area contributed by atoms with Gasteiger partial charge in [0.05, 0.1) is 19.8 Å². The number of halogens is 1. The smallest absolute Gasteiger partial charge is 0.128 e. The van der Waals surface area contributed by atoms with Crippen LogP contribution in [-0.2, 0) is 6.54 Å². The summed E-state index contributed by atoms with van der Waals surface area (Å²) in [6.07, 6.45) is 0. The van der Waals surface area contributed by atoms with Crippen molar-refractivity contribution >= 4 is 15.9 Å². The van der Waals surface area contributed by atoms with Crippen LogP contribution in [0.4, 0.5) is 0 Å². The van der Waals surface area contributed by atoms with Crippen LogP contribution in [0.15, 0.2) is 21.8 Å². The zero-order valence-corrected chi connectivity index (χ0v) is 9.50. The minimum Gasteiger partial charge on any atom is -0.496 e. The fourth-order valence-electron chi connectivity index (χ4n) is 1.17. The topological polar surface area (TPSA) is 47.9 Å². The fraction of sp³-hybridized carbons (Fsp3) is 0.333. The third kappa shape index (κ3) is 2.23. The summed E-state index contributed by atoms with van der Waals surface area (Å²) in [4.78, 5) is 10.2. The molecule has 0 aliphatic carbocycles. The maximum absolute atomic E-state index is 10.2. The van der Waals surface area contributed by atoms with Crippen LogP contribution in [0.25, 0.3) is 0 Å². The largest absolute Gasteiger partial charge is 0.496 e. The summed E-state index contributed by atoms with van der Waals surface area (Å²) in [6.45, 7) is 0.0413. The molecule has 1 rings (SSSR count). The first-order valence-electron chi connectivity index (χ1n) is 3.92. The maximum Gasteiger partial charge on any atom is 0.128 e. The van der Waals surface area contributed by atoms with Crippen LogP contribution in [-0.4, -0.2) is 14.2 Å². The molecule has 0 amide bonds. The third-order valence-corrected chi connectivity index (χ3v) is 2.25. The summed E-state index contributed by atoms with van der Waals surface area (Å²) < 4.78 is 11.1. The molecule has 5 heteroatoms. The van der Waals surface area contributed by atoms with E-state index in [1.54, 1.807) is 12.1 Å². The number of nitroso groups, excluding NO2 is 1. The molecule has 0 atom stereocenters. The highest BCUT2D eigenvalue weighted by atomic mass is 79.9. The van der Waals surface area contributed by atoms with Crippen molar-refractivity contribution in [1.82, 2.24) is 0 Å². The van der Waals surface area contributed by atoms with Crippen molar-refractivity contribution in [3.8, 4) is 11.5 Å². The van der Waals surface area contributed by atoms with Crippen LogP contribution >= 0.6 is 15.9 Å². The zero-order chi connectivity index (χ0) is 10.6. The van der Waals surface area contributed by atoms with Gasteiger partial charge in [-0.25, -0.2) is 0 Å². The number of benzene rings is 1. The van der Waals surface area contributed by atoms with Gasteiger partial charge in [0.25, 0.3) is 0 Å². The number of rotatable bonds is 4. The van der Waals surface area contributed by atoms with Gasteiger partial charge in [-0.2, -0.15) is 4.91 Å². The van der Waals surface area contributed by atoms with Crippen LogP contribution in [0.1, 0.15) is 5.56 Å². The zero-order valence-electron chi connectivity index (χ0n) is 7.91. The number of methoxy groups -OCH3 is 2. The predicted octanol–water partition coefficient (Wildman–Crippen LogP) is 2.73. The second-order valence-corrected chi connectivity index (χ2v) is 3.49. The van der Waals surface area contributed by atoms with Crippen LogP contribution < -0.4 is 9.47 Å². The SMILES string of the molecule is COc1cc(Br)cc(OC)c1CN=O. The standard InChI is InChI=1S/C9H10BrNO3/c1-13-8-3-6(10)4-9(14-2)7(8)5-11-12/h3-4H,5H2,1-2H3. The Balaban J connectivity index is 3.24. The quantitative estimate of drug-likeness (QED) is 0.782. The lowest BCUT2D eigenvalue weighted by atomic mass is 10.2. The molecule has 14 heavy (non-hydrogen) atoms. The molecule has 0 aromatic heterocycles. The van der Waals surface area contributed by atoms with E-state index in [4.69, 9.17) is 9.47 Å². The van der Waals surface area contributed by atoms with Crippen LogP contribution in [0.3, 0.4) is 0 Å². The van der Waals surface area contributed by atoms with E-state index in [-0.39, 0.29) is 6.54 Å². The van der Waals surface area contributed by atoms with E-state index in [2.05, 4.69) is 21.1 Å². The van der Waals surface area contributed by atoms with Crippen molar-refractivity contribution in [2.45, 2.75) is 6.54 Å². The van der Waals surface area contributed by atoms with Crippen molar-refractivity contribution in [2.24, 2.45) is 5.18 Å². The molecule has 0 fully saturated rings. The highest BCUT2D eigenvalue weighted by Crippen LogP contribution is 2.33. The monoisotopic (exact) mass is 259 g/mol. The van der Waals surface area contributed by atoms with E-state index in [9.17, 15) is 4.91 Å². The molecule has 0 radical (unpaired) electrons. The molecule has 0 bridgehead atoms. The number of hydrogen-bond acceptors (Lipinski definition) is 4. The van der Waals surface area contributed by atoms with Gasteiger partial charge >= 0.3 is 0 Å². The second kappa shape index (κ2) is 4.95. The maximum atomic E-state index is 10.2. The molecule has 76 valence electrons. The third-order valence-electron chi connectivity index (χ3n) is 1.80. The molecule has 0 saturated heterocycles. The second-order valence-electron chi connectivity index (χ2n) is 2.58. The van der Waals surface area contributed by atoms with E-state index in [1.165, 1.54) is 14.2 Å². The van der Waals surface area contributed by atoms with E-state index in [0.29, 0.717) is 17.1 Å². The Kier molecular flexibility index (Phi) is 3.88. The summed E-state index contributed by atoms with van der Waals surface area (Å²) in [5.41, 5.74) is 0.660. The molecule has 0 heterocycles. The number of ether oxygens (including phenoxy) is 2. The molecule has 0 unspecified atom stereocenters. The molecule has 1 aromatic rings. The molecule has 0 N–H and O–H groups in total. The molecular weight excluding hydrogens is 250 g/mol. The van der Waals surface area contributed by atoms with Gasteiger partial charge in [-0.15, -0.1) is 0 Å². The van der Waals surface area contributed by atoms with Gasteiger partial charge in [0.15, 0.2) is 0 Å². The molecule has 0 saturated carbocycles. The highest BCUT2D eigenvalue weighted by molar-refractivity contribution is 9.10. The van der Waals surface area contributed by atoms with Crippen LogP contribution in [0.5, 0.6) is 11.5 Å². The Morgan fingerprint density at radius 2 is 1.79 bits per heavy atom. The molecule has 0 aliphatic rings. The van der Waals surface area contributed by atoms with E-state index >= 15 is 0 Å². The Bertz CT molecular complexity index is 316. The van der Waals surface area contributed by atoms with Gasteiger partial charge in [0.2, 0.25) is 0 Å². The van der Waals surface area contributed by atoms with Gasteiger partial charge in [-0.3, -0.25) is 0 Å². The molecule has 4 nitrogen and oxygen atoms in total. The molecule has 1 aromatic carbocycles. The average Bonchev–Trinajstić information content (AvgIpc) is 2.20. The lowest BCUT2D eigenvalue weighted by molar-refractivity contribution is 0.385. The number of nitrogens with zero attached hydrogens (tertiary/aromatic N) is 1. The Labute approximate surface area is 90.3 Å².